The molecule has 2 fully saturated rings. The van der Waals surface area contributed by atoms with E-state index < -0.39 is 5.37 Å². The lowest BCUT2D eigenvalue weighted by Crippen LogP contribution is -2.48. The largest absolute Gasteiger partial charge is 0.336 e. The fourth-order valence-corrected chi connectivity index (χ4v) is 6.89. The normalized spacial score (nSPS) is 18.3. The van der Waals surface area contributed by atoms with E-state index in [0.717, 1.165) is 46.3 Å². The molecule has 0 bridgehead atoms. The van der Waals surface area contributed by atoms with E-state index in [1.165, 1.54) is 19.3 Å². The average Bonchev–Trinajstić information content (AvgIpc) is 3.40. The summed E-state index contributed by atoms with van der Waals surface area (Å²) < 4.78 is 0. The molecular formula is C28H33ClN4O2S. The molecule has 0 radical (unpaired) electrons. The molecule has 1 unspecified atom stereocenters. The second-order valence-corrected chi connectivity index (χ2v) is 11.0. The van der Waals surface area contributed by atoms with E-state index in [4.69, 9.17) is 16.6 Å². The molecule has 1 saturated carbocycles. The van der Waals surface area contributed by atoms with Crippen LogP contribution in [0.15, 0.2) is 48.0 Å². The molecule has 0 spiro atoms. The molecular weight excluding hydrogens is 492 g/mol. The maximum Gasteiger partial charge on any atom is 0.316 e. The number of pyridine rings is 1. The Kier molecular flexibility index (Phi) is 7.89. The van der Waals surface area contributed by atoms with Gasteiger partial charge in [0.05, 0.1) is 17.1 Å². The Hall–Kier alpha value is -2.48. The summed E-state index contributed by atoms with van der Waals surface area (Å²) in [5, 5.41) is 2.71. The smallest absolute Gasteiger partial charge is 0.316 e. The van der Waals surface area contributed by atoms with Gasteiger partial charge in [-0.1, -0.05) is 37.5 Å². The Morgan fingerprint density at radius 3 is 2.58 bits per heavy atom. The van der Waals surface area contributed by atoms with E-state index in [1.54, 1.807) is 16.2 Å². The number of aromatic nitrogens is 1. The summed E-state index contributed by atoms with van der Waals surface area (Å²) in [5.41, 5.74) is 2.83. The van der Waals surface area contributed by atoms with E-state index in [9.17, 15) is 9.59 Å². The van der Waals surface area contributed by atoms with Crippen LogP contribution in [-0.4, -0.2) is 69.7 Å². The van der Waals surface area contributed by atoms with Gasteiger partial charge in [0.2, 0.25) is 0 Å². The van der Waals surface area contributed by atoms with Crippen molar-refractivity contribution in [2.75, 3.05) is 32.7 Å². The number of halogens is 1. The summed E-state index contributed by atoms with van der Waals surface area (Å²) in [7, 11) is 0. The monoisotopic (exact) mass is 524 g/mol. The minimum absolute atomic E-state index is 0.0361. The van der Waals surface area contributed by atoms with Gasteiger partial charge in [-0.2, -0.15) is 0 Å². The summed E-state index contributed by atoms with van der Waals surface area (Å²) >= 11 is 7.39. The highest BCUT2D eigenvalue weighted by molar-refractivity contribution is 7.10. The number of fused-ring (bicyclic) bond motifs is 1. The maximum absolute atomic E-state index is 13.6. The number of para-hydroxylation sites is 1. The van der Waals surface area contributed by atoms with Gasteiger partial charge in [-0.3, -0.25) is 19.5 Å². The Bertz CT molecular complexity index is 1220. The van der Waals surface area contributed by atoms with Crippen LogP contribution in [0.2, 0.25) is 0 Å². The Morgan fingerprint density at radius 1 is 1.11 bits per heavy atom. The molecule has 6 nitrogen and oxygen atoms in total. The number of benzene rings is 1. The van der Waals surface area contributed by atoms with E-state index in [0.29, 0.717) is 32.2 Å². The molecule has 1 aromatic carbocycles. The number of piperazine rings is 1. The van der Waals surface area contributed by atoms with Gasteiger partial charge in [-0.05, 0) is 55.1 Å². The van der Waals surface area contributed by atoms with Gasteiger partial charge in [-0.25, -0.2) is 0 Å². The van der Waals surface area contributed by atoms with Crippen LogP contribution in [-0.2, 0) is 0 Å². The molecule has 190 valence electrons. The highest BCUT2D eigenvalue weighted by Crippen LogP contribution is 2.35. The van der Waals surface area contributed by atoms with Crippen molar-refractivity contribution in [2.45, 2.75) is 51.1 Å². The first-order chi connectivity index (χ1) is 17.5. The number of rotatable bonds is 6. The standard InChI is InChI=1S/C28H33ClN4O2S/c1-2-33(23-9-4-3-5-10-23)27(34)22-17-25(36-19-22)26(31-12-14-32(15-13-31)28(29)35)21-16-20-8-6-7-11-24(20)30-18-21/h6-8,11,16-19,23,26H,2-5,9-10,12-15H2,1H3. The van der Waals surface area contributed by atoms with Crippen LogP contribution in [0.5, 0.6) is 0 Å². The minimum atomic E-state index is -0.398. The van der Waals surface area contributed by atoms with Gasteiger partial charge in [-0.15, -0.1) is 11.3 Å². The Morgan fingerprint density at radius 2 is 1.86 bits per heavy atom. The van der Waals surface area contributed by atoms with E-state index >= 15 is 0 Å². The van der Waals surface area contributed by atoms with Crippen molar-refractivity contribution in [3.63, 3.8) is 0 Å². The topological polar surface area (TPSA) is 56.8 Å². The molecule has 5 rings (SSSR count). The summed E-state index contributed by atoms with van der Waals surface area (Å²) in [5.74, 6) is 0.139. The lowest BCUT2D eigenvalue weighted by atomic mass is 9.94. The summed E-state index contributed by atoms with van der Waals surface area (Å²) in [6, 6.07) is 12.7. The van der Waals surface area contributed by atoms with Crippen molar-refractivity contribution in [3.05, 3.63) is 64.0 Å². The predicted octanol–water partition coefficient (Wildman–Crippen LogP) is 6.16. The molecule has 8 heteroatoms. The molecule has 2 aliphatic rings. The van der Waals surface area contributed by atoms with Crippen molar-refractivity contribution >= 4 is 45.1 Å². The number of carbonyl (C=O) groups excluding carboxylic acids is 2. The number of thiophene rings is 1. The fourth-order valence-electron chi connectivity index (χ4n) is 5.68. The molecule has 36 heavy (non-hydrogen) atoms. The molecule has 1 saturated heterocycles. The lowest BCUT2D eigenvalue weighted by molar-refractivity contribution is 0.0648. The van der Waals surface area contributed by atoms with Crippen LogP contribution in [0.4, 0.5) is 4.79 Å². The lowest BCUT2D eigenvalue weighted by Gasteiger charge is -2.38. The van der Waals surface area contributed by atoms with Gasteiger partial charge in [0.25, 0.3) is 5.91 Å². The highest BCUT2D eigenvalue weighted by Gasteiger charge is 2.31. The zero-order valence-corrected chi connectivity index (χ0v) is 22.3. The van der Waals surface area contributed by atoms with Crippen LogP contribution >= 0.6 is 22.9 Å². The van der Waals surface area contributed by atoms with Crippen molar-refractivity contribution in [2.24, 2.45) is 0 Å². The number of amides is 2. The average molecular weight is 525 g/mol. The highest BCUT2D eigenvalue weighted by atomic mass is 35.5. The van der Waals surface area contributed by atoms with Crippen molar-refractivity contribution in [1.82, 2.24) is 19.7 Å². The molecule has 3 heterocycles. The molecule has 2 amide bonds. The number of hydrogen-bond acceptors (Lipinski definition) is 5. The molecule has 3 aromatic rings. The zero-order valence-electron chi connectivity index (χ0n) is 20.7. The van der Waals surface area contributed by atoms with Gasteiger partial charge in [0.15, 0.2) is 0 Å². The predicted molar refractivity (Wildman–Crippen MR) is 146 cm³/mol. The number of carbonyl (C=O) groups is 2. The van der Waals surface area contributed by atoms with Crippen LogP contribution < -0.4 is 0 Å². The molecule has 1 aliphatic carbocycles. The van der Waals surface area contributed by atoms with Gasteiger partial charge in [0.1, 0.15) is 0 Å². The van der Waals surface area contributed by atoms with Crippen molar-refractivity contribution in [3.8, 4) is 0 Å². The van der Waals surface area contributed by atoms with Crippen LogP contribution in [0.3, 0.4) is 0 Å². The van der Waals surface area contributed by atoms with E-state index in [2.05, 4.69) is 34.9 Å². The van der Waals surface area contributed by atoms with Gasteiger partial charge < -0.3 is 9.80 Å². The molecule has 1 aliphatic heterocycles. The first-order valence-electron chi connectivity index (χ1n) is 13.0. The number of nitrogens with zero attached hydrogens (tertiary/aromatic N) is 4. The molecule has 2 aromatic heterocycles. The first kappa shape index (κ1) is 25.2. The quantitative estimate of drug-likeness (QED) is 0.286. The summed E-state index contributed by atoms with van der Waals surface area (Å²) in [6.07, 6.45) is 7.84. The van der Waals surface area contributed by atoms with E-state index in [-0.39, 0.29) is 11.9 Å². The van der Waals surface area contributed by atoms with E-state index in [1.807, 2.05) is 29.8 Å². The van der Waals surface area contributed by atoms with Crippen LogP contribution in [0.1, 0.15) is 65.9 Å². The minimum Gasteiger partial charge on any atom is -0.336 e. The van der Waals surface area contributed by atoms with Crippen LogP contribution in [0, 0.1) is 0 Å². The van der Waals surface area contributed by atoms with Gasteiger partial charge in [0, 0.05) is 60.6 Å². The third-order valence-electron chi connectivity index (χ3n) is 7.61. The summed E-state index contributed by atoms with van der Waals surface area (Å²) in [4.78, 5) is 37.2. The zero-order chi connectivity index (χ0) is 25.1. The second-order valence-electron chi connectivity index (χ2n) is 9.76. The van der Waals surface area contributed by atoms with Gasteiger partial charge >= 0.3 is 5.37 Å². The third kappa shape index (κ3) is 5.29. The van der Waals surface area contributed by atoms with Crippen molar-refractivity contribution in [1.29, 1.82) is 0 Å². The fraction of sp³-hybridized carbons (Fsp3) is 0.464. The van der Waals surface area contributed by atoms with Crippen molar-refractivity contribution < 1.29 is 9.59 Å². The molecule has 0 N–H and O–H groups in total. The Labute approximate surface area is 221 Å². The first-order valence-corrected chi connectivity index (χ1v) is 14.2. The maximum atomic E-state index is 13.6. The van der Waals surface area contributed by atoms with Crippen LogP contribution in [0.25, 0.3) is 10.9 Å². The Balaban J connectivity index is 1.45. The summed E-state index contributed by atoms with van der Waals surface area (Å²) in [6.45, 7) is 5.41. The second kappa shape index (κ2) is 11.3. The SMILES string of the molecule is CCN(C(=O)c1csc(C(c2cnc3ccccc3c2)N2CCN(C(=O)Cl)CC2)c1)C1CCCCC1. The molecule has 1 atom stereocenters. The number of hydrogen-bond donors (Lipinski definition) is 0. The third-order valence-corrected chi connectivity index (χ3v) is 8.83.